The summed E-state index contributed by atoms with van der Waals surface area (Å²) in [5, 5.41) is 2.96. The van der Waals surface area contributed by atoms with Gasteiger partial charge in [0, 0.05) is 12.3 Å². The predicted molar refractivity (Wildman–Crippen MR) is 54.1 cm³/mol. The molecule has 0 aromatic carbocycles. The van der Waals surface area contributed by atoms with E-state index in [2.05, 4.69) is 9.97 Å². The zero-order valence-corrected chi connectivity index (χ0v) is 8.84. The zero-order valence-electron chi connectivity index (χ0n) is 8.02. The summed E-state index contributed by atoms with van der Waals surface area (Å²) in [4.78, 5) is 8.48. The molecule has 0 aliphatic heterocycles. The van der Waals surface area contributed by atoms with Gasteiger partial charge in [-0.25, -0.2) is 9.97 Å². The second-order valence-electron chi connectivity index (χ2n) is 3.06. The highest BCUT2D eigenvalue weighted by Crippen LogP contribution is 2.20. The summed E-state index contributed by atoms with van der Waals surface area (Å²) in [6.07, 6.45) is 1.58. The highest BCUT2D eigenvalue weighted by Gasteiger charge is 2.15. The number of hydrogen-bond acceptors (Lipinski definition) is 5. The molecule has 74 valence electrons. The van der Waals surface area contributed by atoms with Gasteiger partial charge in [-0.05, 0) is 6.92 Å². The number of thiazole rings is 1. The van der Waals surface area contributed by atoms with Crippen LogP contribution in [0.1, 0.15) is 28.3 Å². The van der Waals surface area contributed by atoms with E-state index < -0.39 is 0 Å². The Bertz CT molecular complexity index is 394. The Morgan fingerprint density at radius 3 is 2.64 bits per heavy atom. The van der Waals surface area contributed by atoms with Gasteiger partial charge in [-0.3, -0.25) is 0 Å². The van der Waals surface area contributed by atoms with Crippen molar-refractivity contribution in [2.75, 3.05) is 0 Å². The molecule has 1 unspecified atom stereocenters. The van der Waals surface area contributed by atoms with E-state index in [4.69, 9.17) is 10.2 Å². The van der Waals surface area contributed by atoms with Crippen molar-refractivity contribution < 1.29 is 4.42 Å². The Balaban J connectivity index is 2.28. The van der Waals surface area contributed by atoms with Crippen LogP contribution in [0.2, 0.25) is 0 Å². The van der Waals surface area contributed by atoms with E-state index in [9.17, 15) is 0 Å². The van der Waals surface area contributed by atoms with Crippen molar-refractivity contribution in [2.24, 2.45) is 5.73 Å². The standard InChI is InChI=1S/C9H11N3OS/c1-5-11-7(3-13-5)9(10)8-4-14-6(2)12-8/h3-4,9H,10H2,1-2H3. The van der Waals surface area contributed by atoms with Gasteiger partial charge in [-0.2, -0.15) is 0 Å². The first-order valence-electron chi connectivity index (χ1n) is 4.26. The van der Waals surface area contributed by atoms with Crippen LogP contribution in [-0.2, 0) is 0 Å². The monoisotopic (exact) mass is 209 g/mol. The Kier molecular flexibility index (Phi) is 2.35. The van der Waals surface area contributed by atoms with Crippen molar-refractivity contribution in [3.05, 3.63) is 33.9 Å². The van der Waals surface area contributed by atoms with Crippen LogP contribution in [0.3, 0.4) is 0 Å². The van der Waals surface area contributed by atoms with E-state index in [1.54, 1.807) is 24.5 Å². The summed E-state index contributed by atoms with van der Waals surface area (Å²) >= 11 is 1.58. The Morgan fingerprint density at radius 1 is 1.36 bits per heavy atom. The predicted octanol–water partition coefficient (Wildman–Crippen LogP) is 1.80. The molecule has 0 fully saturated rings. The van der Waals surface area contributed by atoms with Gasteiger partial charge in [0.1, 0.15) is 12.0 Å². The maximum Gasteiger partial charge on any atom is 0.191 e. The molecule has 0 bridgehead atoms. The van der Waals surface area contributed by atoms with Crippen molar-refractivity contribution in [3.63, 3.8) is 0 Å². The van der Waals surface area contributed by atoms with Crippen LogP contribution in [0.25, 0.3) is 0 Å². The summed E-state index contributed by atoms with van der Waals surface area (Å²) in [5.41, 5.74) is 7.54. The quantitative estimate of drug-likeness (QED) is 0.819. The van der Waals surface area contributed by atoms with Crippen LogP contribution < -0.4 is 5.73 Å². The average molecular weight is 209 g/mol. The summed E-state index contributed by atoms with van der Waals surface area (Å²) in [6.45, 7) is 3.75. The van der Waals surface area contributed by atoms with Crippen molar-refractivity contribution in [2.45, 2.75) is 19.9 Å². The molecular formula is C9H11N3OS. The lowest BCUT2D eigenvalue weighted by Gasteiger charge is -2.02. The van der Waals surface area contributed by atoms with Crippen molar-refractivity contribution >= 4 is 11.3 Å². The van der Waals surface area contributed by atoms with Gasteiger partial charge in [0.15, 0.2) is 5.89 Å². The van der Waals surface area contributed by atoms with Crippen LogP contribution in [0.15, 0.2) is 16.1 Å². The minimum absolute atomic E-state index is 0.280. The SMILES string of the molecule is Cc1nc(C(N)c2csc(C)n2)co1. The van der Waals surface area contributed by atoms with Gasteiger partial charge in [-0.1, -0.05) is 0 Å². The van der Waals surface area contributed by atoms with Gasteiger partial charge in [0.25, 0.3) is 0 Å². The lowest BCUT2D eigenvalue weighted by Crippen LogP contribution is -2.12. The average Bonchev–Trinajstić information content (AvgIpc) is 2.73. The molecule has 4 nitrogen and oxygen atoms in total. The molecule has 2 aromatic heterocycles. The first-order valence-corrected chi connectivity index (χ1v) is 5.14. The molecule has 2 N–H and O–H groups in total. The smallest absolute Gasteiger partial charge is 0.191 e. The summed E-state index contributed by atoms with van der Waals surface area (Å²) in [5.74, 6) is 0.627. The van der Waals surface area contributed by atoms with Crippen molar-refractivity contribution in [3.8, 4) is 0 Å². The lowest BCUT2D eigenvalue weighted by molar-refractivity contribution is 0.520. The third-order valence-electron chi connectivity index (χ3n) is 1.91. The Morgan fingerprint density at radius 2 is 2.14 bits per heavy atom. The molecule has 0 radical (unpaired) electrons. The minimum Gasteiger partial charge on any atom is -0.449 e. The second-order valence-corrected chi connectivity index (χ2v) is 4.12. The first-order chi connectivity index (χ1) is 6.66. The fraction of sp³-hybridized carbons (Fsp3) is 0.333. The molecule has 14 heavy (non-hydrogen) atoms. The van der Waals surface area contributed by atoms with Gasteiger partial charge in [-0.15, -0.1) is 11.3 Å². The van der Waals surface area contributed by atoms with E-state index >= 15 is 0 Å². The van der Waals surface area contributed by atoms with E-state index in [0.29, 0.717) is 5.89 Å². The van der Waals surface area contributed by atoms with E-state index in [1.807, 2.05) is 12.3 Å². The number of aromatic nitrogens is 2. The Labute approximate surface area is 85.8 Å². The minimum atomic E-state index is -0.280. The highest BCUT2D eigenvalue weighted by atomic mass is 32.1. The third kappa shape index (κ3) is 1.69. The van der Waals surface area contributed by atoms with Gasteiger partial charge in [0.2, 0.25) is 0 Å². The number of hydrogen-bond donors (Lipinski definition) is 1. The molecule has 1 atom stereocenters. The number of nitrogens with zero attached hydrogens (tertiary/aromatic N) is 2. The topological polar surface area (TPSA) is 64.9 Å². The molecule has 2 heterocycles. The summed E-state index contributed by atoms with van der Waals surface area (Å²) < 4.78 is 5.10. The number of oxazole rings is 1. The third-order valence-corrected chi connectivity index (χ3v) is 2.70. The molecular weight excluding hydrogens is 198 g/mol. The van der Waals surface area contributed by atoms with E-state index in [0.717, 1.165) is 16.4 Å². The molecule has 2 aromatic rings. The van der Waals surface area contributed by atoms with Gasteiger partial charge >= 0.3 is 0 Å². The largest absolute Gasteiger partial charge is 0.449 e. The van der Waals surface area contributed by atoms with Gasteiger partial charge in [0.05, 0.1) is 16.7 Å². The maximum atomic E-state index is 5.96. The fourth-order valence-electron chi connectivity index (χ4n) is 1.20. The molecule has 5 heteroatoms. The highest BCUT2D eigenvalue weighted by molar-refractivity contribution is 7.09. The molecule has 0 spiro atoms. The van der Waals surface area contributed by atoms with E-state index in [-0.39, 0.29) is 6.04 Å². The van der Waals surface area contributed by atoms with Gasteiger partial charge < -0.3 is 10.2 Å². The second kappa shape index (κ2) is 3.51. The first kappa shape index (κ1) is 9.36. The summed E-state index contributed by atoms with van der Waals surface area (Å²) in [6, 6.07) is -0.280. The number of rotatable bonds is 2. The fourth-order valence-corrected chi connectivity index (χ4v) is 1.85. The molecule has 2 rings (SSSR count). The summed E-state index contributed by atoms with van der Waals surface area (Å²) in [7, 11) is 0. The van der Waals surface area contributed by atoms with Crippen molar-refractivity contribution in [1.82, 2.24) is 9.97 Å². The van der Waals surface area contributed by atoms with Crippen LogP contribution >= 0.6 is 11.3 Å². The van der Waals surface area contributed by atoms with Crippen LogP contribution in [0.5, 0.6) is 0 Å². The Hall–Kier alpha value is -1.20. The van der Waals surface area contributed by atoms with Crippen LogP contribution in [0, 0.1) is 13.8 Å². The van der Waals surface area contributed by atoms with Crippen molar-refractivity contribution in [1.29, 1.82) is 0 Å². The molecule has 0 saturated carbocycles. The van der Waals surface area contributed by atoms with Crippen LogP contribution in [-0.4, -0.2) is 9.97 Å². The number of nitrogens with two attached hydrogens (primary N) is 1. The zero-order chi connectivity index (χ0) is 10.1. The number of aryl methyl sites for hydroxylation is 2. The molecule has 0 saturated heterocycles. The maximum absolute atomic E-state index is 5.96. The molecule has 0 aliphatic carbocycles. The van der Waals surface area contributed by atoms with Crippen LogP contribution in [0.4, 0.5) is 0 Å². The molecule has 0 aliphatic rings. The molecule has 0 amide bonds. The van der Waals surface area contributed by atoms with E-state index in [1.165, 1.54) is 0 Å². The lowest BCUT2D eigenvalue weighted by atomic mass is 10.2. The normalized spacial score (nSPS) is 13.1.